The largest absolute Gasteiger partial charge is 0.497 e. The third-order valence-corrected chi connectivity index (χ3v) is 4.36. The molecule has 3 nitrogen and oxygen atoms in total. The minimum atomic E-state index is 0.556. The van der Waals surface area contributed by atoms with E-state index in [-0.39, 0.29) is 0 Å². The van der Waals surface area contributed by atoms with Gasteiger partial charge in [0.2, 0.25) is 0 Å². The average molecular weight is 363 g/mol. The number of nitrogens with one attached hydrogen (secondary N) is 1. The molecule has 3 aromatic carbocycles. The Balaban J connectivity index is 1.51. The summed E-state index contributed by atoms with van der Waals surface area (Å²) in [5.41, 5.74) is 3.27. The molecule has 0 aliphatic rings. The van der Waals surface area contributed by atoms with E-state index in [0.717, 1.165) is 33.2 Å². The summed E-state index contributed by atoms with van der Waals surface area (Å²) in [5, 5.41) is 3.28. The fourth-order valence-corrected chi connectivity index (χ4v) is 2.68. The molecular weight excluding hydrogens is 342 g/mol. The lowest BCUT2D eigenvalue weighted by Gasteiger charge is -2.10. The highest BCUT2D eigenvalue weighted by Crippen LogP contribution is 2.15. The fourth-order valence-electron chi connectivity index (χ4n) is 2.47. The van der Waals surface area contributed by atoms with E-state index in [1.165, 1.54) is 0 Å². The first-order valence-corrected chi connectivity index (χ1v) is 8.83. The second-order valence-electron chi connectivity index (χ2n) is 5.83. The number of benzene rings is 3. The van der Waals surface area contributed by atoms with Crippen LogP contribution in [-0.4, -0.2) is 12.1 Å². The summed E-state index contributed by atoms with van der Waals surface area (Å²) >= 11 is 5.48. The molecule has 1 N–H and O–H groups in total. The van der Waals surface area contributed by atoms with E-state index in [9.17, 15) is 0 Å². The zero-order valence-corrected chi connectivity index (χ0v) is 15.5. The highest BCUT2D eigenvalue weighted by atomic mass is 32.1. The lowest BCUT2D eigenvalue weighted by molar-refractivity contribution is 0.306. The van der Waals surface area contributed by atoms with Crippen molar-refractivity contribution in [2.45, 2.75) is 13.2 Å². The molecule has 0 aromatic heterocycles. The van der Waals surface area contributed by atoms with Crippen molar-refractivity contribution in [2.24, 2.45) is 0 Å². The van der Waals surface area contributed by atoms with Crippen LogP contribution in [0.25, 0.3) is 0 Å². The van der Waals surface area contributed by atoms with Gasteiger partial charge in [-0.3, -0.25) is 0 Å². The van der Waals surface area contributed by atoms with Crippen LogP contribution in [0.5, 0.6) is 11.5 Å². The monoisotopic (exact) mass is 363 g/mol. The van der Waals surface area contributed by atoms with Gasteiger partial charge in [0.15, 0.2) is 0 Å². The van der Waals surface area contributed by atoms with Crippen molar-refractivity contribution < 1.29 is 9.47 Å². The van der Waals surface area contributed by atoms with Gasteiger partial charge in [0.25, 0.3) is 0 Å². The first-order chi connectivity index (χ1) is 12.7. The summed E-state index contributed by atoms with van der Waals surface area (Å²) in [6.07, 6.45) is 0. The molecule has 0 atom stereocenters. The molecule has 0 saturated carbocycles. The number of hydrogen-bond acceptors (Lipinski definition) is 3. The van der Waals surface area contributed by atoms with Crippen LogP contribution in [-0.2, 0) is 13.2 Å². The maximum Gasteiger partial charge on any atom is 0.119 e. The Morgan fingerprint density at radius 3 is 2.12 bits per heavy atom. The van der Waals surface area contributed by atoms with Crippen LogP contribution >= 0.6 is 12.2 Å². The summed E-state index contributed by atoms with van der Waals surface area (Å²) in [4.78, 5) is 0.718. The molecule has 26 heavy (non-hydrogen) atoms. The molecule has 0 radical (unpaired) electrons. The fraction of sp³-hybridized carbons (Fsp3) is 0.136. The van der Waals surface area contributed by atoms with Gasteiger partial charge in [0.05, 0.1) is 7.11 Å². The van der Waals surface area contributed by atoms with Crippen molar-refractivity contribution in [3.63, 3.8) is 0 Å². The molecule has 4 heteroatoms. The normalized spacial score (nSPS) is 10.2. The van der Waals surface area contributed by atoms with Gasteiger partial charge in [-0.15, -0.1) is 0 Å². The first kappa shape index (κ1) is 18.0. The first-order valence-electron chi connectivity index (χ1n) is 8.42. The minimum absolute atomic E-state index is 0.556. The Morgan fingerprint density at radius 2 is 1.46 bits per heavy atom. The topological polar surface area (TPSA) is 30.5 Å². The Labute approximate surface area is 159 Å². The molecule has 0 heterocycles. The van der Waals surface area contributed by atoms with E-state index in [2.05, 4.69) is 5.32 Å². The molecule has 3 aromatic rings. The Morgan fingerprint density at radius 1 is 0.808 bits per heavy atom. The van der Waals surface area contributed by atoms with E-state index < -0.39 is 0 Å². The zero-order chi connectivity index (χ0) is 18.2. The predicted octanol–water partition coefficient (Wildman–Crippen LogP) is 4.74. The molecule has 0 bridgehead atoms. The number of rotatable bonds is 7. The van der Waals surface area contributed by atoms with Crippen molar-refractivity contribution >= 4 is 17.2 Å². The summed E-state index contributed by atoms with van der Waals surface area (Å²) in [5.74, 6) is 1.68. The smallest absolute Gasteiger partial charge is 0.119 e. The number of thiocarbonyl (C=S) groups is 1. The lowest BCUT2D eigenvalue weighted by atomic mass is 10.2. The van der Waals surface area contributed by atoms with E-state index in [1.807, 2.05) is 78.9 Å². The molecular formula is C22H21NO2S. The van der Waals surface area contributed by atoms with Crippen LogP contribution in [0.15, 0.2) is 78.9 Å². The summed E-state index contributed by atoms with van der Waals surface area (Å²) < 4.78 is 11.0. The van der Waals surface area contributed by atoms with Gasteiger partial charge >= 0.3 is 0 Å². The van der Waals surface area contributed by atoms with Crippen LogP contribution in [0.3, 0.4) is 0 Å². The Hall–Kier alpha value is -2.85. The Kier molecular flexibility index (Phi) is 6.23. The van der Waals surface area contributed by atoms with Crippen molar-refractivity contribution in [3.05, 3.63) is 95.6 Å². The van der Waals surface area contributed by atoms with Gasteiger partial charge in [-0.25, -0.2) is 0 Å². The van der Waals surface area contributed by atoms with Crippen LogP contribution in [0.1, 0.15) is 16.7 Å². The van der Waals surface area contributed by atoms with E-state index in [0.29, 0.717) is 13.2 Å². The zero-order valence-electron chi connectivity index (χ0n) is 14.6. The highest BCUT2D eigenvalue weighted by molar-refractivity contribution is 7.80. The van der Waals surface area contributed by atoms with Gasteiger partial charge in [0, 0.05) is 12.1 Å². The summed E-state index contributed by atoms with van der Waals surface area (Å²) in [6.45, 7) is 1.23. The third kappa shape index (κ3) is 5.07. The van der Waals surface area contributed by atoms with Crippen molar-refractivity contribution in [2.75, 3.05) is 7.11 Å². The molecule has 0 spiro atoms. The molecule has 132 valence electrons. The van der Waals surface area contributed by atoms with Gasteiger partial charge in [-0.2, -0.15) is 0 Å². The minimum Gasteiger partial charge on any atom is -0.497 e. The van der Waals surface area contributed by atoms with Gasteiger partial charge in [0.1, 0.15) is 23.1 Å². The van der Waals surface area contributed by atoms with Crippen LogP contribution in [0.4, 0.5) is 0 Å². The average Bonchev–Trinajstić information content (AvgIpc) is 2.72. The molecule has 0 amide bonds. The van der Waals surface area contributed by atoms with Gasteiger partial charge < -0.3 is 14.8 Å². The molecule has 0 saturated heterocycles. The number of ether oxygens (including phenoxy) is 2. The van der Waals surface area contributed by atoms with E-state index in [4.69, 9.17) is 21.7 Å². The van der Waals surface area contributed by atoms with Crippen LogP contribution in [0, 0.1) is 0 Å². The second-order valence-corrected chi connectivity index (χ2v) is 6.24. The molecule has 0 aliphatic carbocycles. The van der Waals surface area contributed by atoms with Gasteiger partial charge in [-0.1, -0.05) is 54.7 Å². The van der Waals surface area contributed by atoms with Crippen molar-refractivity contribution in [3.8, 4) is 11.5 Å². The summed E-state index contributed by atoms with van der Waals surface area (Å²) in [6, 6.07) is 25.9. The lowest BCUT2D eigenvalue weighted by Crippen LogP contribution is -2.21. The van der Waals surface area contributed by atoms with E-state index >= 15 is 0 Å². The van der Waals surface area contributed by atoms with Crippen molar-refractivity contribution in [1.82, 2.24) is 5.32 Å². The second kappa shape index (κ2) is 9.02. The van der Waals surface area contributed by atoms with E-state index in [1.54, 1.807) is 7.11 Å². The molecule has 0 aliphatic heterocycles. The van der Waals surface area contributed by atoms with Gasteiger partial charge in [-0.05, 0) is 47.5 Å². The SMILES string of the molecule is COc1ccc(CNC(=S)c2ccc(OCc3ccccc3)cc2)cc1. The molecule has 0 unspecified atom stereocenters. The van der Waals surface area contributed by atoms with Crippen molar-refractivity contribution in [1.29, 1.82) is 0 Å². The quantitative estimate of drug-likeness (QED) is 0.614. The maximum atomic E-state index is 5.80. The third-order valence-electron chi connectivity index (χ3n) is 3.98. The predicted molar refractivity (Wildman–Crippen MR) is 109 cm³/mol. The van der Waals surface area contributed by atoms with Crippen LogP contribution in [0.2, 0.25) is 0 Å². The Bertz CT molecular complexity index is 830. The number of methoxy groups -OCH3 is 1. The van der Waals surface area contributed by atoms with Crippen LogP contribution < -0.4 is 14.8 Å². The summed E-state index contributed by atoms with van der Waals surface area (Å²) in [7, 11) is 1.66. The maximum absolute atomic E-state index is 5.80. The molecule has 3 rings (SSSR count). The standard InChI is InChI=1S/C22H21NO2S/c1-24-20-11-7-17(8-12-20)15-23-22(26)19-9-13-21(14-10-19)25-16-18-5-3-2-4-6-18/h2-14H,15-16H2,1H3,(H,23,26). The molecule has 0 fully saturated rings. The number of hydrogen-bond donors (Lipinski definition) is 1. The highest BCUT2D eigenvalue weighted by Gasteiger charge is 2.03.